The Bertz CT molecular complexity index is 428. The van der Waals surface area contributed by atoms with E-state index in [2.05, 4.69) is 4.74 Å². The molecule has 1 rings (SSSR count). The molecule has 0 saturated carbocycles. The SMILES string of the molecule is COC(=O)C(C)c1ccc([N+](=O)[O-])c(C)c1. The number of nitrogens with zero attached hydrogens (tertiary/aromatic N) is 1. The van der Waals surface area contributed by atoms with Crippen LogP contribution in [0.15, 0.2) is 18.2 Å². The number of nitro groups is 1. The summed E-state index contributed by atoms with van der Waals surface area (Å²) in [6, 6.07) is 4.62. The predicted octanol–water partition coefficient (Wildman–Crippen LogP) is 2.18. The number of carbonyl (C=O) groups excluding carboxylic acids is 1. The zero-order chi connectivity index (χ0) is 12.3. The van der Waals surface area contributed by atoms with Gasteiger partial charge in [0.15, 0.2) is 0 Å². The van der Waals surface area contributed by atoms with Crippen molar-refractivity contribution in [2.75, 3.05) is 7.11 Å². The topological polar surface area (TPSA) is 69.4 Å². The van der Waals surface area contributed by atoms with E-state index in [0.717, 1.165) is 5.56 Å². The standard InChI is InChI=1S/C11H13NO4/c1-7-6-9(8(2)11(13)16-3)4-5-10(7)12(14)15/h4-6,8H,1-3H3. The van der Waals surface area contributed by atoms with Crippen LogP contribution in [-0.2, 0) is 9.53 Å². The van der Waals surface area contributed by atoms with Crippen LogP contribution in [0.4, 0.5) is 5.69 Å². The zero-order valence-corrected chi connectivity index (χ0v) is 9.39. The predicted molar refractivity (Wildman–Crippen MR) is 58.3 cm³/mol. The molecule has 1 aromatic carbocycles. The van der Waals surface area contributed by atoms with E-state index in [1.54, 1.807) is 26.0 Å². The third kappa shape index (κ3) is 2.36. The number of benzene rings is 1. The van der Waals surface area contributed by atoms with Crippen LogP contribution in [0.2, 0.25) is 0 Å². The molecule has 0 aliphatic heterocycles. The lowest BCUT2D eigenvalue weighted by molar-refractivity contribution is -0.385. The minimum atomic E-state index is -0.443. The zero-order valence-electron chi connectivity index (χ0n) is 9.39. The Hall–Kier alpha value is -1.91. The number of aryl methyl sites for hydroxylation is 1. The van der Waals surface area contributed by atoms with Crippen molar-refractivity contribution in [3.05, 3.63) is 39.4 Å². The highest BCUT2D eigenvalue weighted by Crippen LogP contribution is 2.24. The van der Waals surface area contributed by atoms with Crippen molar-refractivity contribution < 1.29 is 14.5 Å². The molecule has 1 atom stereocenters. The maximum atomic E-state index is 11.3. The quantitative estimate of drug-likeness (QED) is 0.447. The summed E-state index contributed by atoms with van der Waals surface area (Å²) in [4.78, 5) is 21.5. The number of nitro benzene ring substituents is 1. The second-order valence-corrected chi connectivity index (χ2v) is 3.55. The number of hydrogen-bond donors (Lipinski definition) is 0. The van der Waals surface area contributed by atoms with Crippen LogP contribution in [0.3, 0.4) is 0 Å². The van der Waals surface area contributed by atoms with Gasteiger partial charge < -0.3 is 4.74 Å². The molecule has 0 N–H and O–H groups in total. The Labute approximate surface area is 93.2 Å². The van der Waals surface area contributed by atoms with Gasteiger partial charge in [0.2, 0.25) is 0 Å². The number of rotatable bonds is 3. The van der Waals surface area contributed by atoms with Crippen LogP contribution < -0.4 is 0 Å². The largest absolute Gasteiger partial charge is 0.469 e. The van der Waals surface area contributed by atoms with Gasteiger partial charge in [0, 0.05) is 11.6 Å². The first kappa shape index (κ1) is 12.2. The van der Waals surface area contributed by atoms with Crippen LogP contribution in [0.1, 0.15) is 24.0 Å². The van der Waals surface area contributed by atoms with Crippen LogP contribution in [0, 0.1) is 17.0 Å². The van der Waals surface area contributed by atoms with E-state index in [1.807, 2.05) is 0 Å². The molecule has 86 valence electrons. The van der Waals surface area contributed by atoms with Crippen molar-refractivity contribution >= 4 is 11.7 Å². The molecule has 0 aliphatic carbocycles. The van der Waals surface area contributed by atoms with Gasteiger partial charge in [-0.3, -0.25) is 14.9 Å². The van der Waals surface area contributed by atoms with E-state index < -0.39 is 10.8 Å². The number of methoxy groups -OCH3 is 1. The van der Waals surface area contributed by atoms with Crippen LogP contribution in [-0.4, -0.2) is 18.0 Å². The third-order valence-electron chi connectivity index (χ3n) is 2.47. The summed E-state index contributed by atoms with van der Waals surface area (Å²) >= 11 is 0. The lowest BCUT2D eigenvalue weighted by Crippen LogP contribution is -2.11. The highest BCUT2D eigenvalue weighted by Gasteiger charge is 2.18. The molecule has 0 aliphatic rings. The van der Waals surface area contributed by atoms with Crippen LogP contribution in [0.25, 0.3) is 0 Å². The summed E-state index contributed by atoms with van der Waals surface area (Å²) in [6.07, 6.45) is 0. The smallest absolute Gasteiger partial charge is 0.312 e. The molecule has 0 fully saturated rings. The Morgan fingerprint density at radius 2 is 2.12 bits per heavy atom. The van der Waals surface area contributed by atoms with Crippen molar-refractivity contribution in [2.45, 2.75) is 19.8 Å². The average molecular weight is 223 g/mol. The highest BCUT2D eigenvalue weighted by atomic mass is 16.6. The van der Waals surface area contributed by atoms with Gasteiger partial charge in [-0.25, -0.2) is 0 Å². The molecule has 1 aromatic rings. The third-order valence-corrected chi connectivity index (χ3v) is 2.47. The minimum Gasteiger partial charge on any atom is -0.469 e. The van der Waals surface area contributed by atoms with Crippen molar-refractivity contribution in [3.63, 3.8) is 0 Å². The molecule has 5 nitrogen and oxygen atoms in total. The van der Waals surface area contributed by atoms with Gasteiger partial charge in [-0.2, -0.15) is 0 Å². The molecular weight excluding hydrogens is 210 g/mol. The first-order valence-corrected chi connectivity index (χ1v) is 4.80. The van der Waals surface area contributed by atoms with E-state index in [4.69, 9.17) is 0 Å². The fourth-order valence-corrected chi connectivity index (χ4v) is 1.47. The van der Waals surface area contributed by atoms with Gasteiger partial charge in [0.1, 0.15) is 0 Å². The Kier molecular flexibility index (Phi) is 3.60. The summed E-state index contributed by atoms with van der Waals surface area (Å²) in [5, 5.41) is 10.6. The van der Waals surface area contributed by atoms with E-state index in [0.29, 0.717) is 5.56 Å². The van der Waals surface area contributed by atoms with Crippen LogP contribution in [0.5, 0.6) is 0 Å². The summed E-state index contributed by atoms with van der Waals surface area (Å²) in [6.45, 7) is 3.35. The van der Waals surface area contributed by atoms with E-state index in [-0.39, 0.29) is 11.7 Å². The molecule has 1 unspecified atom stereocenters. The lowest BCUT2D eigenvalue weighted by Gasteiger charge is -2.09. The summed E-state index contributed by atoms with van der Waals surface area (Å²) < 4.78 is 4.61. The van der Waals surface area contributed by atoms with Crippen molar-refractivity contribution in [3.8, 4) is 0 Å². The molecule has 5 heteroatoms. The van der Waals surface area contributed by atoms with Crippen molar-refractivity contribution in [2.24, 2.45) is 0 Å². The van der Waals surface area contributed by atoms with Gasteiger partial charge in [-0.15, -0.1) is 0 Å². The van der Waals surface area contributed by atoms with E-state index >= 15 is 0 Å². The fraction of sp³-hybridized carbons (Fsp3) is 0.364. The monoisotopic (exact) mass is 223 g/mol. The molecular formula is C11H13NO4. The second-order valence-electron chi connectivity index (χ2n) is 3.55. The first-order chi connectivity index (χ1) is 7.47. The minimum absolute atomic E-state index is 0.0563. The van der Waals surface area contributed by atoms with Gasteiger partial charge in [-0.1, -0.05) is 6.07 Å². The maximum Gasteiger partial charge on any atom is 0.312 e. The van der Waals surface area contributed by atoms with Gasteiger partial charge in [0.25, 0.3) is 5.69 Å². The molecule has 0 heterocycles. The van der Waals surface area contributed by atoms with Crippen molar-refractivity contribution in [1.82, 2.24) is 0 Å². The van der Waals surface area contributed by atoms with Crippen molar-refractivity contribution in [1.29, 1.82) is 0 Å². The lowest BCUT2D eigenvalue weighted by atomic mass is 9.99. The Morgan fingerprint density at radius 1 is 1.50 bits per heavy atom. The Morgan fingerprint density at radius 3 is 2.56 bits per heavy atom. The molecule has 0 radical (unpaired) electrons. The molecule has 0 amide bonds. The number of hydrogen-bond acceptors (Lipinski definition) is 4. The second kappa shape index (κ2) is 4.74. The first-order valence-electron chi connectivity index (χ1n) is 4.80. The maximum absolute atomic E-state index is 11.3. The summed E-state index contributed by atoms with van der Waals surface area (Å²) in [7, 11) is 1.32. The Balaban J connectivity index is 3.06. The normalized spacial score (nSPS) is 11.9. The van der Waals surface area contributed by atoms with E-state index in [9.17, 15) is 14.9 Å². The van der Waals surface area contributed by atoms with Gasteiger partial charge in [-0.05, 0) is 25.5 Å². The highest BCUT2D eigenvalue weighted by molar-refractivity contribution is 5.77. The number of esters is 1. The van der Waals surface area contributed by atoms with Gasteiger partial charge >= 0.3 is 5.97 Å². The molecule has 0 saturated heterocycles. The molecule has 16 heavy (non-hydrogen) atoms. The summed E-state index contributed by atoms with van der Waals surface area (Å²) in [5.74, 6) is -0.766. The molecule has 0 spiro atoms. The fourth-order valence-electron chi connectivity index (χ4n) is 1.47. The van der Waals surface area contributed by atoms with Gasteiger partial charge in [0.05, 0.1) is 18.0 Å². The van der Waals surface area contributed by atoms with E-state index in [1.165, 1.54) is 13.2 Å². The molecule has 0 aromatic heterocycles. The molecule has 0 bridgehead atoms. The number of carbonyl (C=O) groups is 1. The summed E-state index contributed by atoms with van der Waals surface area (Å²) in [5.41, 5.74) is 1.31. The van der Waals surface area contributed by atoms with Crippen LogP contribution >= 0.6 is 0 Å². The number of ether oxygens (including phenoxy) is 1. The average Bonchev–Trinajstić information content (AvgIpc) is 2.26.